The van der Waals surface area contributed by atoms with E-state index in [-0.39, 0.29) is 10.7 Å². The van der Waals surface area contributed by atoms with Crippen molar-refractivity contribution >= 4 is 15.7 Å². The first-order chi connectivity index (χ1) is 11.0. The molecule has 0 radical (unpaired) electrons. The second-order valence-electron chi connectivity index (χ2n) is 4.81. The molecular weight excluding hydrogens is 318 g/mol. The van der Waals surface area contributed by atoms with Gasteiger partial charge in [-0.25, -0.2) is 8.42 Å². The highest BCUT2D eigenvalue weighted by Gasteiger charge is 2.23. The van der Waals surface area contributed by atoms with Crippen LogP contribution in [0.1, 0.15) is 5.76 Å². The molecule has 1 aromatic carbocycles. The highest BCUT2D eigenvalue weighted by molar-refractivity contribution is 7.92. The molecule has 0 aliphatic carbocycles. The molecule has 0 aliphatic heterocycles. The van der Waals surface area contributed by atoms with Crippen LogP contribution in [0.5, 0.6) is 5.75 Å². The largest absolute Gasteiger partial charge is 0.495 e. The molecule has 3 aromatic rings. The third kappa shape index (κ3) is 2.93. The molecule has 0 saturated heterocycles. The number of benzene rings is 1. The molecule has 0 fully saturated rings. The molecule has 0 spiro atoms. The maximum atomic E-state index is 12.6. The maximum absolute atomic E-state index is 12.6. The lowest BCUT2D eigenvalue weighted by Gasteiger charge is -2.10. The lowest BCUT2D eigenvalue weighted by molar-refractivity contribution is 0.417. The monoisotopic (exact) mass is 333 g/mol. The van der Waals surface area contributed by atoms with Crippen LogP contribution < -0.4 is 9.46 Å². The van der Waals surface area contributed by atoms with Gasteiger partial charge in [0.25, 0.3) is 10.0 Å². The lowest BCUT2D eigenvalue weighted by Crippen LogP contribution is -2.13. The summed E-state index contributed by atoms with van der Waals surface area (Å²) in [6.45, 7) is 1.59. The maximum Gasteiger partial charge on any atom is 0.265 e. The topological polar surface area (TPSA) is 97.2 Å². The Morgan fingerprint density at radius 1 is 1.26 bits per heavy atom. The molecular formula is C15H15N3O4S. The smallest absolute Gasteiger partial charge is 0.265 e. The van der Waals surface area contributed by atoms with Gasteiger partial charge < -0.3 is 9.15 Å². The summed E-state index contributed by atoms with van der Waals surface area (Å²) >= 11 is 0. The van der Waals surface area contributed by atoms with Crippen molar-refractivity contribution < 1.29 is 17.6 Å². The number of methoxy groups -OCH3 is 1. The second-order valence-corrected chi connectivity index (χ2v) is 6.46. The minimum Gasteiger partial charge on any atom is -0.495 e. The number of anilines is 1. The van der Waals surface area contributed by atoms with Gasteiger partial charge >= 0.3 is 0 Å². The summed E-state index contributed by atoms with van der Waals surface area (Å²) < 4.78 is 38.4. The van der Waals surface area contributed by atoms with Crippen LogP contribution in [0.15, 0.2) is 51.9 Å². The van der Waals surface area contributed by atoms with E-state index in [0.29, 0.717) is 22.9 Å². The first kappa shape index (κ1) is 15.2. The Morgan fingerprint density at radius 2 is 2.04 bits per heavy atom. The molecule has 0 amide bonds. The van der Waals surface area contributed by atoms with Crippen molar-refractivity contribution in [1.29, 1.82) is 0 Å². The van der Waals surface area contributed by atoms with E-state index in [2.05, 4.69) is 14.9 Å². The predicted molar refractivity (Wildman–Crippen MR) is 84.8 cm³/mol. The molecule has 0 bridgehead atoms. The zero-order valence-electron chi connectivity index (χ0n) is 12.5. The van der Waals surface area contributed by atoms with Gasteiger partial charge in [-0.15, -0.1) is 0 Å². The van der Waals surface area contributed by atoms with Crippen molar-refractivity contribution in [1.82, 2.24) is 10.2 Å². The predicted octanol–water partition coefficient (Wildman–Crippen LogP) is 2.79. The molecule has 8 heteroatoms. The van der Waals surface area contributed by atoms with Crippen LogP contribution in [0.4, 0.5) is 5.69 Å². The molecule has 7 nitrogen and oxygen atoms in total. The summed E-state index contributed by atoms with van der Waals surface area (Å²) in [6.07, 6.45) is 1.56. The van der Waals surface area contributed by atoms with Crippen LogP contribution in [0.25, 0.3) is 11.5 Å². The summed E-state index contributed by atoms with van der Waals surface area (Å²) in [5, 5.41) is 6.56. The Kier molecular flexibility index (Phi) is 3.83. The highest BCUT2D eigenvalue weighted by Crippen LogP contribution is 2.30. The summed E-state index contributed by atoms with van der Waals surface area (Å²) in [4.78, 5) is 0.0630. The third-order valence-corrected chi connectivity index (χ3v) is 4.75. The zero-order chi connectivity index (χ0) is 16.4. The van der Waals surface area contributed by atoms with Gasteiger partial charge in [-0.2, -0.15) is 5.10 Å². The molecule has 0 saturated carbocycles. The van der Waals surface area contributed by atoms with Gasteiger partial charge in [0, 0.05) is 12.3 Å². The van der Waals surface area contributed by atoms with Crippen molar-refractivity contribution in [3.63, 3.8) is 0 Å². The van der Waals surface area contributed by atoms with Crippen LogP contribution >= 0.6 is 0 Å². The number of furan rings is 1. The van der Waals surface area contributed by atoms with E-state index in [1.165, 1.54) is 13.2 Å². The number of hydrogen-bond donors (Lipinski definition) is 2. The molecule has 120 valence electrons. The number of H-pyrrole nitrogens is 1. The van der Waals surface area contributed by atoms with Gasteiger partial charge in [0.05, 0.1) is 12.8 Å². The summed E-state index contributed by atoms with van der Waals surface area (Å²) in [6, 6.07) is 9.94. The van der Waals surface area contributed by atoms with Crippen molar-refractivity contribution in [2.75, 3.05) is 11.8 Å². The Balaban J connectivity index is 1.97. The minimum absolute atomic E-state index is 0.0630. The van der Waals surface area contributed by atoms with Crippen molar-refractivity contribution in [2.24, 2.45) is 0 Å². The number of ether oxygens (including phenoxy) is 1. The Bertz CT molecular complexity index is 914. The van der Waals surface area contributed by atoms with E-state index >= 15 is 0 Å². The van der Waals surface area contributed by atoms with Crippen molar-refractivity contribution in [2.45, 2.75) is 11.8 Å². The molecule has 2 heterocycles. The van der Waals surface area contributed by atoms with Crippen LogP contribution in [-0.4, -0.2) is 25.7 Å². The van der Waals surface area contributed by atoms with Gasteiger partial charge in [0.15, 0.2) is 5.76 Å². The van der Waals surface area contributed by atoms with E-state index in [9.17, 15) is 8.42 Å². The second kappa shape index (κ2) is 5.81. The molecule has 3 rings (SSSR count). The number of nitrogens with zero attached hydrogens (tertiary/aromatic N) is 1. The summed E-state index contributed by atoms with van der Waals surface area (Å²) in [7, 11) is -2.33. The highest BCUT2D eigenvalue weighted by atomic mass is 32.2. The average Bonchev–Trinajstić information content (AvgIpc) is 3.16. The molecule has 0 atom stereocenters. The fraction of sp³-hybridized carbons (Fsp3) is 0.133. The van der Waals surface area contributed by atoms with E-state index in [0.717, 1.165) is 0 Å². The fourth-order valence-corrected chi connectivity index (χ4v) is 3.44. The van der Waals surface area contributed by atoms with Gasteiger partial charge in [-0.3, -0.25) is 9.82 Å². The van der Waals surface area contributed by atoms with Crippen LogP contribution in [0, 0.1) is 6.92 Å². The van der Waals surface area contributed by atoms with Crippen LogP contribution in [-0.2, 0) is 10.0 Å². The van der Waals surface area contributed by atoms with Crippen LogP contribution in [0.3, 0.4) is 0 Å². The third-order valence-electron chi connectivity index (χ3n) is 3.28. The number of sulfonamides is 1. The van der Waals surface area contributed by atoms with E-state index < -0.39 is 10.0 Å². The lowest BCUT2D eigenvalue weighted by atomic mass is 10.3. The van der Waals surface area contributed by atoms with Gasteiger partial charge in [0.1, 0.15) is 22.1 Å². The number of nitrogens with one attached hydrogen (secondary N) is 2. The zero-order valence-corrected chi connectivity index (χ0v) is 13.3. The van der Waals surface area contributed by atoms with Crippen molar-refractivity contribution in [3.05, 3.63) is 48.4 Å². The molecule has 0 unspecified atom stereocenters. The quantitative estimate of drug-likeness (QED) is 0.748. The summed E-state index contributed by atoms with van der Waals surface area (Å²) in [5.41, 5.74) is 0.963. The average molecular weight is 333 g/mol. The van der Waals surface area contributed by atoms with Crippen LogP contribution in [0.2, 0.25) is 0 Å². The normalized spacial score (nSPS) is 11.4. The number of aromatic nitrogens is 2. The Labute approximate surface area is 133 Å². The molecule has 0 aliphatic rings. The van der Waals surface area contributed by atoms with Gasteiger partial charge in [-0.1, -0.05) is 12.1 Å². The van der Waals surface area contributed by atoms with E-state index in [1.807, 2.05) is 0 Å². The summed E-state index contributed by atoms with van der Waals surface area (Å²) in [5.74, 6) is 1.13. The first-order valence-electron chi connectivity index (χ1n) is 6.77. The Hall–Kier alpha value is -2.74. The molecule has 23 heavy (non-hydrogen) atoms. The minimum atomic E-state index is -3.80. The number of aromatic amines is 1. The van der Waals surface area contributed by atoms with Gasteiger partial charge in [0.2, 0.25) is 0 Å². The number of hydrogen-bond acceptors (Lipinski definition) is 5. The SMILES string of the molecule is COc1ccccc1NS(=O)(=O)c1cc(-c2ccn[nH]2)oc1C. The van der Waals surface area contributed by atoms with E-state index in [4.69, 9.17) is 9.15 Å². The standard InChI is InChI=1S/C15H15N3O4S/c1-10-15(9-14(22-10)11-7-8-16-17-11)23(19,20)18-12-5-3-4-6-13(12)21-2/h3-9,18H,1-2H3,(H,16,17). The fourth-order valence-electron chi connectivity index (χ4n) is 2.19. The van der Waals surface area contributed by atoms with Gasteiger partial charge in [-0.05, 0) is 25.1 Å². The molecule has 2 N–H and O–H groups in total. The number of para-hydroxylation sites is 2. The number of aryl methyl sites for hydroxylation is 1. The number of rotatable bonds is 5. The first-order valence-corrected chi connectivity index (χ1v) is 8.25. The van der Waals surface area contributed by atoms with E-state index in [1.54, 1.807) is 43.5 Å². The Morgan fingerprint density at radius 3 is 2.74 bits per heavy atom. The van der Waals surface area contributed by atoms with Crippen molar-refractivity contribution in [3.8, 4) is 17.2 Å². The molecule has 2 aromatic heterocycles.